The number of nitrogens with zero attached hydrogens (tertiary/aromatic N) is 3. The first kappa shape index (κ1) is 13.4. The summed E-state index contributed by atoms with van der Waals surface area (Å²) in [6.07, 6.45) is 1.06. The Bertz CT molecular complexity index is 581. The summed E-state index contributed by atoms with van der Waals surface area (Å²) in [4.78, 5) is 10.3. The van der Waals surface area contributed by atoms with E-state index in [1.807, 2.05) is 6.92 Å². The maximum atomic E-state index is 10.8. The van der Waals surface area contributed by atoms with Crippen LogP contribution < -0.4 is 5.32 Å². The van der Waals surface area contributed by atoms with Crippen molar-refractivity contribution in [3.63, 3.8) is 0 Å². The van der Waals surface area contributed by atoms with Crippen LogP contribution in [0.15, 0.2) is 24.4 Å². The van der Waals surface area contributed by atoms with E-state index in [9.17, 15) is 15.2 Å². The number of aliphatic hydroxyl groups is 1. The van der Waals surface area contributed by atoms with Gasteiger partial charge in [0, 0.05) is 24.1 Å². The van der Waals surface area contributed by atoms with Crippen molar-refractivity contribution in [1.29, 1.82) is 0 Å². The van der Waals surface area contributed by atoms with E-state index in [1.165, 1.54) is 12.1 Å². The van der Waals surface area contributed by atoms with Gasteiger partial charge in [0.15, 0.2) is 0 Å². The van der Waals surface area contributed by atoms with Gasteiger partial charge in [-0.05, 0) is 12.6 Å². The lowest BCUT2D eigenvalue weighted by Gasteiger charge is -2.11. The lowest BCUT2D eigenvalue weighted by molar-refractivity contribution is -0.384. The van der Waals surface area contributed by atoms with E-state index in [0.717, 1.165) is 11.9 Å². The summed E-state index contributed by atoms with van der Waals surface area (Å²) >= 11 is 0. The zero-order valence-electron chi connectivity index (χ0n) is 10.6. The predicted octanol–water partition coefficient (Wildman–Crippen LogP) is 0.915. The third-order valence-electron chi connectivity index (χ3n) is 2.85. The monoisotopic (exact) mass is 264 g/mol. The van der Waals surface area contributed by atoms with Crippen LogP contribution in [-0.2, 0) is 6.54 Å². The number of aliphatic hydroxyl groups excluding tert-OH is 1. The van der Waals surface area contributed by atoms with Crippen LogP contribution in [0.1, 0.15) is 6.92 Å². The van der Waals surface area contributed by atoms with E-state index < -0.39 is 11.0 Å². The fourth-order valence-corrected chi connectivity index (χ4v) is 1.89. The van der Waals surface area contributed by atoms with Gasteiger partial charge in [0.05, 0.1) is 29.3 Å². The molecule has 0 aliphatic rings. The van der Waals surface area contributed by atoms with Crippen LogP contribution in [0.2, 0.25) is 0 Å². The van der Waals surface area contributed by atoms with Crippen molar-refractivity contribution in [3.8, 4) is 0 Å². The Hall–Kier alpha value is -1.99. The highest BCUT2D eigenvalue weighted by Crippen LogP contribution is 2.20. The van der Waals surface area contributed by atoms with Crippen molar-refractivity contribution in [2.75, 3.05) is 13.1 Å². The zero-order chi connectivity index (χ0) is 13.8. The number of hydrogen-bond acceptors (Lipinski definition) is 5. The molecule has 2 rings (SSSR count). The van der Waals surface area contributed by atoms with Gasteiger partial charge in [-0.1, -0.05) is 6.92 Å². The number of likely N-dealkylation sites (N-methyl/N-ethyl adjacent to an activating group) is 1. The molecular weight excluding hydrogens is 248 g/mol. The highest BCUT2D eigenvalue weighted by molar-refractivity contribution is 5.80. The van der Waals surface area contributed by atoms with Crippen molar-refractivity contribution in [1.82, 2.24) is 15.1 Å². The van der Waals surface area contributed by atoms with Gasteiger partial charge in [-0.15, -0.1) is 0 Å². The molecule has 0 fully saturated rings. The number of rotatable bonds is 6. The van der Waals surface area contributed by atoms with Gasteiger partial charge in [-0.2, -0.15) is 5.10 Å². The van der Waals surface area contributed by atoms with Crippen molar-refractivity contribution in [2.24, 2.45) is 0 Å². The molecule has 0 aliphatic carbocycles. The normalized spacial score (nSPS) is 12.7. The minimum Gasteiger partial charge on any atom is -0.390 e. The highest BCUT2D eigenvalue weighted by atomic mass is 16.6. The minimum atomic E-state index is -0.581. The maximum Gasteiger partial charge on any atom is 0.271 e. The summed E-state index contributed by atoms with van der Waals surface area (Å²) < 4.78 is 1.59. The molecule has 1 aromatic heterocycles. The molecule has 0 aliphatic heterocycles. The summed E-state index contributed by atoms with van der Waals surface area (Å²) in [6, 6.07) is 4.58. The summed E-state index contributed by atoms with van der Waals surface area (Å²) in [6.45, 7) is 3.51. The smallest absolute Gasteiger partial charge is 0.271 e. The van der Waals surface area contributed by atoms with Crippen LogP contribution >= 0.6 is 0 Å². The fraction of sp³-hybridized carbons (Fsp3) is 0.417. The molecule has 102 valence electrons. The van der Waals surface area contributed by atoms with E-state index in [2.05, 4.69) is 10.4 Å². The number of nitrogens with one attached hydrogen (secondary N) is 1. The predicted molar refractivity (Wildman–Crippen MR) is 70.9 cm³/mol. The van der Waals surface area contributed by atoms with Gasteiger partial charge in [0.25, 0.3) is 5.69 Å². The molecule has 19 heavy (non-hydrogen) atoms. The van der Waals surface area contributed by atoms with Crippen molar-refractivity contribution in [3.05, 3.63) is 34.5 Å². The van der Waals surface area contributed by atoms with Crippen LogP contribution in [0.3, 0.4) is 0 Å². The molecule has 0 spiro atoms. The van der Waals surface area contributed by atoms with E-state index in [4.69, 9.17) is 0 Å². The molecule has 0 bridgehead atoms. The van der Waals surface area contributed by atoms with Gasteiger partial charge < -0.3 is 10.4 Å². The standard InChI is InChI=1S/C12H16N4O3/c1-2-13-7-11(17)8-15-12-5-10(16(18)19)4-3-9(12)6-14-15/h3-6,11,13,17H,2,7-8H2,1H3. The Kier molecular flexibility index (Phi) is 4.08. The van der Waals surface area contributed by atoms with Gasteiger partial charge in [0.2, 0.25) is 0 Å². The molecule has 0 amide bonds. The molecule has 0 radical (unpaired) electrons. The molecule has 2 N–H and O–H groups in total. The molecule has 1 atom stereocenters. The first-order valence-corrected chi connectivity index (χ1v) is 6.10. The maximum absolute atomic E-state index is 10.8. The topological polar surface area (TPSA) is 93.2 Å². The number of nitro groups is 1. The van der Waals surface area contributed by atoms with Crippen LogP contribution in [0.5, 0.6) is 0 Å². The fourth-order valence-electron chi connectivity index (χ4n) is 1.89. The Balaban J connectivity index is 2.23. The average molecular weight is 264 g/mol. The lowest BCUT2D eigenvalue weighted by atomic mass is 10.2. The summed E-state index contributed by atoms with van der Waals surface area (Å²) in [5, 5.41) is 28.6. The van der Waals surface area contributed by atoms with E-state index in [0.29, 0.717) is 18.6 Å². The Labute approximate surface area is 110 Å². The van der Waals surface area contributed by atoms with E-state index >= 15 is 0 Å². The van der Waals surface area contributed by atoms with E-state index in [-0.39, 0.29) is 5.69 Å². The molecule has 7 nitrogen and oxygen atoms in total. The van der Waals surface area contributed by atoms with Crippen LogP contribution in [0, 0.1) is 10.1 Å². The third kappa shape index (κ3) is 3.07. The van der Waals surface area contributed by atoms with Gasteiger partial charge >= 0.3 is 0 Å². The van der Waals surface area contributed by atoms with Gasteiger partial charge in [-0.25, -0.2) is 0 Å². The second-order valence-corrected chi connectivity index (χ2v) is 4.29. The number of nitro benzene ring substituents is 1. The number of benzene rings is 1. The van der Waals surface area contributed by atoms with Crippen molar-refractivity contribution in [2.45, 2.75) is 19.6 Å². The molecule has 1 unspecified atom stereocenters. The summed E-state index contributed by atoms with van der Waals surface area (Å²) in [5.41, 5.74) is 0.681. The first-order chi connectivity index (χ1) is 9.11. The largest absolute Gasteiger partial charge is 0.390 e. The number of aromatic nitrogens is 2. The minimum absolute atomic E-state index is 0.0235. The second kappa shape index (κ2) is 5.77. The lowest BCUT2D eigenvalue weighted by Crippen LogP contribution is -2.30. The molecule has 2 aromatic rings. The molecule has 0 saturated heterocycles. The molecule has 0 saturated carbocycles. The zero-order valence-corrected chi connectivity index (χ0v) is 10.6. The number of hydrogen-bond donors (Lipinski definition) is 2. The van der Waals surface area contributed by atoms with Crippen LogP contribution in [-0.4, -0.2) is 39.0 Å². The number of non-ortho nitro benzene ring substituents is 1. The Morgan fingerprint density at radius 1 is 1.58 bits per heavy atom. The molecule has 7 heteroatoms. The molecule has 1 aromatic carbocycles. The van der Waals surface area contributed by atoms with Crippen molar-refractivity contribution < 1.29 is 10.0 Å². The summed E-state index contributed by atoms with van der Waals surface area (Å²) in [5.74, 6) is 0. The van der Waals surface area contributed by atoms with Crippen molar-refractivity contribution >= 4 is 16.6 Å². The first-order valence-electron chi connectivity index (χ1n) is 6.10. The SMILES string of the molecule is CCNCC(O)Cn1ncc2ccc([N+](=O)[O-])cc21. The second-order valence-electron chi connectivity index (χ2n) is 4.29. The highest BCUT2D eigenvalue weighted by Gasteiger charge is 2.12. The Morgan fingerprint density at radius 3 is 3.05 bits per heavy atom. The third-order valence-corrected chi connectivity index (χ3v) is 2.85. The van der Waals surface area contributed by atoms with E-state index in [1.54, 1.807) is 16.9 Å². The molecule has 1 heterocycles. The quantitative estimate of drug-likeness (QED) is 0.597. The molecular formula is C12H16N4O3. The Morgan fingerprint density at radius 2 is 2.37 bits per heavy atom. The van der Waals surface area contributed by atoms with Crippen LogP contribution in [0.25, 0.3) is 10.9 Å². The average Bonchev–Trinajstić information content (AvgIpc) is 2.78. The van der Waals surface area contributed by atoms with Gasteiger partial charge in [0.1, 0.15) is 0 Å². The van der Waals surface area contributed by atoms with Gasteiger partial charge in [-0.3, -0.25) is 14.8 Å². The van der Waals surface area contributed by atoms with Crippen LogP contribution in [0.4, 0.5) is 5.69 Å². The number of fused-ring (bicyclic) bond motifs is 1. The summed E-state index contributed by atoms with van der Waals surface area (Å²) in [7, 11) is 0.